The Morgan fingerprint density at radius 1 is 1.13 bits per heavy atom. The number of benzene rings is 1. The van der Waals surface area contributed by atoms with Crippen molar-refractivity contribution in [3.05, 3.63) is 34.4 Å². The maximum atomic E-state index is 12.9. The summed E-state index contributed by atoms with van der Waals surface area (Å²) in [5.74, 6) is -1.31. The third-order valence-electron chi connectivity index (χ3n) is 5.20. The van der Waals surface area contributed by atoms with E-state index in [-0.39, 0.29) is 44.0 Å². The minimum absolute atomic E-state index is 0.143. The van der Waals surface area contributed by atoms with Crippen LogP contribution in [0.5, 0.6) is 0 Å². The molecule has 1 aromatic rings. The van der Waals surface area contributed by atoms with E-state index < -0.39 is 11.4 Å². The second-order valence-corrected chi connectivity index (χ2v) is 6.80. The number of ether oxygens (including phenoxy) is 2. The van der Waals surface area contributed by atoms with Crippen LogP contribution in [-0.4, -0.2) is 35.9 Å². The van der Waals surface area contributed by atoms with Gasteiger partial charge in [-0.1, -0.05) is 17.7 Å². The molecule has 2 fully saturated rings. The van der Waals surface area contributed by atoms with Gasteiger partial charge in [-0.2, -0.15) is 0 Å². The number of Topliss-reactive ketones (excluding diaryl/α,β-unsaturated/α-hetero) is 1. The molecule has 1 heterocycles. The van der Waals surface area contributed by atoms with Gasteiger partial charge in [-0.15, -0.1) is 0 Å². The van der Waals surface area contributed by atoms with Gasteiger partial charge in [0.15, 0.2) is 5.78 Å². The minimum atomic E-state index is -1.39. The smallest absolute Gasteiger partial charge is 0.317 e. The summed E-state index contributed by atoms with van der Waals surface area (Å²) >= 11 is 0. The highest BCUT2D eigenvalue weighted by Crippen LogP contribution is 2.45. The summed E-state index contributed by atoms with van der Waals surface area (Å²) < 4.78 is 10.8. The van der Waals surface area contributed by atoms with E-state index in [2.05, 4.69) is 0 Å². The summed E-state index contributed by atoms with van der Waals surface area (Å²) in [5.41, 5.74) is 2.74. The third kappa shape index (κ3) is 2.68. The molecule has 2 aliphatic rings. The van der Waals surface area contributed by atoms with Crippen molar-refractivity contribution < 1.29 is 24.2 Å². The molecular formula is C18H22O5. The fraction of sp³-hybridized carbons (Fsp3) is 0.556. The van der Waals surface area contributed by atoms with Gasteiger partial charge < -0.3 is 14.6 Å². The highest BCUT2D eigenvalue weighted by molar-refractivity contribution is 6.04. The van der Waals surface area contributed by atoms with Crippen molar-refractivity contribution in [2.75, 3.05) is 6.79 Å². The van der Waals surface area contributed by atoms with E-state index >= 15 is 0 Å². The highest BCUT2D eigenvalue weighted by atomic mass is 16.7. The lowest BCUT2D eigenvalue weighted by Gasteiger charge is -2.24. The average Bonchev–Trinajstić information content (AvgIpc) is 3.01. The molecule has 2 atom stereocenters. The number of hydrogen-bond acceptors (Lipinski definition) is 4. The predicted molar refractivity (Wildman–Crippen MR) is 83.3 cm³/mol. The molecular weight excluding hydrogens is 296 g/mol. The van der Waals surface area contributed by atoms with Gasteiger partial charge in [-0.25, -0.2) is 0 Å². The van der Waals surface area contributed by atoms with E-state index in [0.29, 0.717) is 0 Å². The van der Waals surface area contributed by atoms with Gasteiger partial charge in [0, 0.05) is 6.42 Å². The Kier molecular flexibility index (Phi) is 4.02. The molecule has 5 nitrogen and oxygen atoms in total. The van der Waals surface area contributed by atoms with E-state index in [1.165, 1.54) is 0 Å². The average molecular weight is 318 g/mol. The Morgan fingerprint density at radius 3 is 2.13 bits per heavy atom. The Hall–Kier alpha value is -1.72. The largest absolute Gasteiger partial charge is 0.480 e. The van der Waals surface area contributed by atoms with Crippen LogP contribution >= 0.6 is 0 Å². The van der Waals surface area contributed by atoms with Crippen molar-refractivity contribution in [3.8, 4) is 0 Å². The molecule has 23 heavy (non-hydrogen) atoms. The van der Waals surface area contributed by atoms with Crippen molar-refractivity contribution in [1.29, 1.82) is 0 Å². The van der Waals surface area contributed by atoms with E-state index in [0.717, 1.165) is 22.3 Å². The van der Waals surface area contributed by atoms with Gasteiger partial charge >= 0.3 is 5.97 Å². The molecule has 0 amide bonds. The summed E-state index contributed by atoms with van der Waals surface area (Å²) in [6.45, 7) is 6.13. The molecule has 1 saturated heterocycles. The molecule has 1 N–H and O–H groups in total. The summed E-state index contributed by atoms with van der Waals surface area (Å²) in [6.07, 6.45) is -0.0135. The molecule has 2 unspecified atom stereocenters. The Morgan fingerprint density at radius 2 is 1.65 bits per heavy atom. The van der Waals surface area contributed by atoms with Crippen LogP contribution in [0.4, 0.5) is 0 Å². The molecule has 1 saturated carbocycles. The van der Waals surface area contributed by atoms with E-state index in [1.807, 2.05) is 32.9 Å². The lowest BCUT2D eigenvalue weighted by molar-refractivity contribution is -0.156. The first kappa shape index (κ1) is 16.1. The topological polar surface area (TPSA) is 72.8 Å². The van der Waals surface area contributed by atoms with Crippen LogP contribution in [0.1, 0.15) is 35.1 Å². The van der Waals surface area contributed by atoms with Crippen LogP contribution in [0.25, 0.3) is 0 Å². The third-order valence-corrected chi connectivity index (χ3v) is 5.20. The van der Waals surface area contributed by atoms with Crippen molar-refractivity contribution in [1.82, 2.24) is 0 Å². The molecule has 0 aromatic heterocycles. The van der Waals surface area contributed by atoms with Gasteiger partial charge in [0.1, 0.15) is 12.2 Å². The highest BCUT2D eigenvalue weighted by Gasteiger charge is 2.57. The number of fused-ring (bicyclic) bond motifs is 1. The number of rotatable bonds is 4. The van der Waals surface area contributed by atoms with E-state index in [9.17, 15) is 14.7 Å². The van der Waals surface area contributed by atoms with Crippen LogP contribution in [0.15, 0.2) is 12.1 Å². The normalized spacial score (nSPS) is 29.5. The zero-order chi connectivity index (χ0) is 16.8. The molecule has 0 spiro atoms. The number of carboxylic acids is 1. The first-order chi connectivity index (χ1) is 10.8. The lowest BCUT2D eigenvalue weighted by Crippen LogP contribution is -2.39. The van der Waals surface area contributed by atoms with Crippen LogP contribution in [0.3, 0.4) is 0 Å². The zero-order valence-electron chi connectivity index (χ0n) is 13.7. The second-order valence-electron chi connectivity index (χ2n) is 6.80. The van der Waals surface area contributed by atoms with Crippen LogP contribution in [0, 0.1) is 26.2 Å². The lowest BCUT2D eigenvalue weighted by atomic mass is 9.78. The molecule has 5 heteroatoms. The summed E-state index contributed by atoms with van der Waals surface area (Å²) in [4.78, 5) is 24.8. The van der Waals surface area contributed by atoms with Gasteiger partial charge in [0.2, 0.25) is 0 Å². The maximum absolute atomic E-state index is 12.9. The molecule has 1 aliphatic carbocycles. The molecule has 0 radical (unpaired) electrons. The number of hydrogen-bond donors (Lipinski definition) is 1. The number of aryl methyl sites for hydroxylation is 3. The quantitative estimate of drug-likeness (QED) is 0.863. The van der Waals surface area contributed by atoms with Crippen LogP contribution in [0.2, 0.25) is 0 Å². The van der Waals surface area contributed by atoms with Gasteiger partial charge in [0.05, 0.1) is 12.2 Å². The summed E-state index contributed by atoms with van der Waals surface area (Å²) in [5, 5.41) is 9.72. The Labute approximate surface area is 135 Å². The molecule has 1 aromatic carbocycles. The van der Waals surface area contributed by atoms with Crippen LogP contribution in [-0.2, 0) is 25.5 Å². The Balaban J connectivity index is 1.88. The predicted octanol–water partition coefficient (Wildman–Crippen LogP) is 2.33. The SMILES string of the molecule is Cc1cc(C)c(CC(=O)C2(C(=O)O)CC3OCOC3C2)c(C)c1. The Bertz CT molecular complexity index is 628. The van der Waals surface area contributed by atoms with Gasteiger partial charge in [-0.05, 0) is 50.3 Å². The second kappa shape index (κ2) is 5.73. The maximum Gasteiger partial charge on any atom is 0.317 e. The van der Waals surface area contributed by atoms with Crippen molar-refractivity contribution in [2.45, 2.75) is 52.2 Å². The fourth-order valence-corrected chi connectivity index (χ4v) is 3.92. The van der Waals surface area contributed by atoms with E-state index in [1.54, 1.807) is 0 Å². The number of carboxylic acid groups (broad SMARTS) is 1. The molecule has 3 rings (SSSR count). The van der Waals surface area contributed by atoms with Crippen molar-refractivity contribution in [2.24, 2.45) is 5.41 Å². The first-order valence-electron chi connectivity index (χ1n) is 7.90. The zero-order valence-corrected chi connectivity index (χ0v) is 13.7. The molecule has 124 valence electrons. The standard InChI is InChI=1S/C18H22O5/c1-10-4-11(2)13(12(3)5-10)6-16(19)18(17(20)21)7-14-15(8-18)23-9-22-14/h4-5,14-15H,6-9H2,1-3H3,(H,20,21). The van der Waals surface area contributed by atoms with Gasteiger partial charge in [0.25, 0.3) is 0 Å². The fourth-order valence-electron chi connectivity index (χ4n) is 3.92. The number of carbonyl (C=O) groups excluding carboxylic acids is 1. The monoisotopic (exact) mass is 318 g/mol. The molecule has 1 aliphatic heterocycles. The summed E-state index contributed by atoms with van der Waals surface area (Å²) in [7, 11) is 0. The minimum Gasteiger partial charge on any atom is -0.480 e. The number of carbonyl (C=O) groups is 2. The first-order valence-corrected chi connectivity index (χ1v) is 7.90. The van der Waals surface area contributed by atoms with Crippen LogP contribution < -0.4 is 0 Å². The van der Waals surface area contributed by atoms with Gasteiger partial charge in [-0.3, -0.25) is 9.59 Å². The number of aliphatic carboxylic acids is 1. The van der Waals surface area contributed by atoms with E-state index in [4.69, 9.17) is 9.47 Å². The number of ketones is 1. The summed E-state index contributed by atoms with van der Waals surface area (Å²) in [6, 6.07) is 4.05. The van der Waals surface area contributed by atoms with Crippen molar-refractivity contribution >= 4 is 11.8 Å². The molecule has 0 bridgehead atoms. The van der Waals surface area contributed by atoms with Crippen molar-refractivity contribution in [3.63, 3.8) is 0 Å².